The number of amides is 1. The van der Waals surface area contributed by atoms with Gasteiger partial charge in [-0.2, -0.15) is 4.31 Å². The van der Waals surface area contributed by atoms with Crippen molar-refractivity contribution in [3.05, 3.63) is 66.7 Å². The monoisotopic (exact) mass is 425 g/mol. The van der Waals surface area contributed by atoms with Crippen LogP contribution < -0.4 is 5.32 Å². The Hall–Kier alpha value is -2.97. The summed E-state index contributed by atoms with van der Waals surface area (Å²) in [6, 6.07) is 16.0. The second kappa shape index (κ2) is 8.81. The van der Waals surface area contributed by atoms with Crippen LogP contribution in [0, 0.1) is 0 Å². The van der Waals surface area contributed by atoms with E-state index in [-0.39, 0.29) is 17.2 Å². The number of carbonyl (C=O) groups excluding carboxylic acids is 1. The van der Waals surface area contributed by atoms with Crippen molar-refractivity contribution in [1.82, 2.24) is 9.29 Å². The molecule has 0 atom stereocenters. The molecule has 8 heteroatoms. The van der Waals surface area contributed by atoms with Gasteiger partial charge in [-0.3, -0.25) is 4.79 Å². The second-order valence-corrected chi connectivity index (χ2v) is 9.11. The van der Waals surface area contributed by atoms with Crippen molar-refractivity contribution in [2.24, 2.45) is 0 Å². The van der Waals surface area contributed by atoms with E-state index in [0.717, 1.165) is 18.4 Å². The summed E-state index contributed by atoms with van der Waals surface area (Å²) in [6.45, 7) is 1.08. The largest absolute Gasteiger partial charge is 0.441 e. The molecule has 1 aliphatic rings. The number of hydrogen-bond donors (Lipinski definition) is 1. The van der Waals surface area contributed by atoms with E-state index in [1.54, 1.807) is 24.4 Å². The number of anilines is 1. The minimum Gasteiger partial charge on any atom is -0.441 e. The lowest BCUT2D eigenvalue weighted by molar-refractivity contribution is -0.116. The molecular weight excluding hydrogens is 402 g/mol. The van der Waals surface area contributed by atoms with Crippen molar-refractivity contribution in [3.63, 3.8) is 0 Å². The molecule has 1 aromatic heterocycles. The van der Waals surface area contributed by atoms with Crippen LogP contribution in [0.1, 0.15) is 25.2 Å². The van der Waals surface area contributed by atoms with Gasteiger partial charge in [-0.1, -0.05) is 36.4 Å². The zero-order valence-corrected chi connectivity index (χ0v) is 17.3. The Labute approximate surface area is 175 Å². The van der Waals surface area contributed by atoms with Crippen molar-refractivity contribution >= 4 is 21.6 Å². The number of carbonyl (C=O) groups is 1. The van der Waals surface area contributed by atoms with Gasteiger partial charge in [-0.25, -0.2) is 13.4 Å². The second-order valence-electron chi connectivity index (χ2n) is 7.17. The third-order valence-electron chi connectivity index (χ3n) is 5.00. The van der Waals surface area contributed by atoms with Crippen LogP contribution in [0.25, 0.3) is 11.3 Å². The number of oxazole rings is 1. The van der Waals surface area contributed by atoms with Gasteiger partial charge < -0.3 is 9.73 Å². The van der Waals surface area contributed by atoms with Crippen LogP contribution in [-0.2, 0) is 21.2 Å². The molecule has 1 aliphatic heterocycles. The Kier molecular flexibility index (Phi) is 5.96. The number of sulfonamides is 1. The van der Waals surface area contributed by atoms with Gasteiger partial charge in [0.15, 0.2) is 11.7 Å². The number of benzene rings is 2. The molecule has 2 aromatic carbocycles. The Balaban J connectivity index is 1.36. The minimum atomic E-state index is -3.52. The summed E-state index contributed by atoms with van der Waals surface area (Å²) in [5.74, 6) is 0.908. The molecule has 0 radical (unpaired) electrons. The standard InChI is InChI=1S/C22H23N3O4S/c26-21(11-12-22-23-16-20(29-22)17-7-2-1-3-8-17)24-18-9-6-10-19(15-18)30(27,28)25-13-4-5-14-25/h1-3,6-10,15-16H,4-5,11-14H2,(H,24,26). The highest BCUT2D eigenvalue weighted by molar-refractivity contribution is 7.89. The SMILES string of the molecule is O=C(CCc1ncc(-c2ccccc2)o1)Nc1cccc(S(=O)(=O)N2CCCC2)c1. The van der Waals surface area contributed by atoms with Gasteiger partial charge >= 0.3 is 0 Å². The molecule has 1 amide bonds. The molecular formula is C22H23N3O4S. The molecule has 0 aliphatic carbocycles. The maximum Gasteiger partial charge on any atom is 0.243 e. The summed E-state index contributed by atoms with van der Waals surface area (Å²) in [6.07, 6.45) is 3.93. The van der Waals surface area contributed by atoms with E-state index in [1.165, 1.54) is 10.4 Å². The highest BCUT2D eigenvalue weighted by Crippen LogP contribution is 2.24. The Morgan fingerprint density at radius 2 is 1.83 bits per heavy atom. The first-order valence-corrected chi connectivity index (χ1v) is 11.4. The number of hydrogen-bond acceptors (Lipinski definition) is 5. The third kappa shape index (κ3) is 4.60. The maximum absolute atomic E-state index is 12.7. The van der Waals surface area contributed by atoms with E-state index in [4.69, 9.17) is 4.42 Å². The molecule has 3 aromatic rings. The van der Waals surface area contributed by atoms with Gasteiger partial charge in [0, 0.05) is 37.2 Å². The average molecular weight is 426 g/mol. The summed E-state index contributed by atoms with van der Waals surface area (Å²) in [5, 5.41) is 2.76. The molecule has 1 fully saturated rings. The van der Waals surface area contributed by atoms with Crippen LogP contribution in [0.3, 0.4) is 0 Å². The predicted octanol–water partition coefficient (Wildman–Crippen LogP) is 3.70. The molecule has 1 N–H and O–H groups in total. The summed E-state index contributed by atoms with van der Waals surface area (Å²) in [4.78, 5) is 16.8. The molecule has 7 nitrogen and oxygen atoms in total. The fraction of sp³-hybridized carbons (Fsp3) is 0.273. The van der Waals surface area contributed by atoms with Crippen molar-refractivity contribution in [1.29, 1.82) is 0 Å². The van der Waals surface area contributed by atoms with Crippen LogP contribution in [0.5, 0.6) is 0 Å². The number of aryl methyl sites for hydroxylation is 1. The summed E-state index contributed by atoms with van der Waals surface area (Å²) >= 11 is 0. The lowest BCUT2D eigenvalue weighted by Crippen LogP contribution is -2.27. The van der Waals surface area contributed by atoms with E-state index >= 15 is 0 Å². The van der Waals surface area contributed by atoms with E-state index in [2.05, 4.69) is 10.3 Å². The molecule has 2 heterocycles. The first kappa shape index (κ1) is 20.3. The normalized spacial score (nSPS) is 14.7. The number of nitrogens with zero attached hydrogens (tertiary/aromatic N) is 2. The highest BCUT2D eigenvalue weighted by atomic mass is 32.2. The molecule has 0 spiro atoms. The first-order chi connectivity index (χ1) is 14.5. The maximum atomic E-state index is 12.7. The van der Waals surface area contributed by atoms with Gasteiger partial charge in [0.2, 0.25) is 15.9 Å². The Morgan fingerprint density at radius 3 is 2.60 bits per heavy atom. The number of aromatic nitrogens is 1. The van der Waals surface area contributed by atoms with E-state index in [1.807, 2.05) is 30.3 Å². The van der Waals surface area contributed by atoms with Crippen molar-refractivity contribution < 1.29 is 17.6 Å². The van der Waals surface area contributed by atoms with Crippen molar-refractivity contribution in [2.45, 2.75) is 30.6 Å². The van der Waals surface area contributed by atoms with Gasteiger partial charge in [-0.05, 0) is 31.0 Å². The van der Waals surface area contributed by atoms with Crippen LogP contribution in [-0.4, -0.2) is 36.7 Å². The van der Waals surface area contributed by atoms with Crippen molar-refractivity contribution in [3.8, 4) is 11.3 Å². The van der Waals surface area contributed by atoms with E-state index in [9.17, 15) is 13.2 Å². The van der Waals surface area contributed by atoms with Crippen LogP contribution in [0.2, 0.25) is 0 Å². The van der Waals surface area contributed by atoms with Crippen molar-refractivity contribution in [2.75, 3.05) is 18.4 Å². The summed E-state index contributed by atoms with van der Waals surface area (Å²) < 4.78 is 32.6. The van der Waals surface area contributed by atoms with Gasteiger partial charge in [0.25, 0.3) is 0 Å². The Morgan fingerprint density at radius 1 is 1.07 bits per heavy atom. The molecule has 4 rings (SSSR count). The number of nitrogens with one attached hydrogen (secondary N) is 1. The van der Waals surface area contributed by atoms with E-state index in [0.29, 0.717) is 36.8 Å². The predicted molar refractivity (Wildman–Crippen MR) is 113 cm³/mol. The Bertz CT molecular complexity index is 1120. The minimum absolute atomic E-state index is 0.178. The lowest BCUT2D eigenvalue weighted by atomic mass is 10.2. The molecule has 0 bridgehead atoms. The first-order valence-electron chi connectivity index (χ1n) is 9.92. The zero-order valence-electron chi connectivity index (χ0n) is 16.5. The topological polar surface area (TPSA) is 92.5 Å². The summed E-state index contributed by atoms with van der Waals surface area (Å²) in [7, 11) is -3.52. The molecule has 0 unspecified atom stereocenters. The molecule has 1 saturated heterocycles. The molecule has 30 heavy (non-hydrogen) atoms. The smallest absolute Gasteiger partial charge is 0.243 e. The quantitative estimate of drug-likeness (QED) is 0.623. The van der Waals surface area contributed by atoms with Gasteiger partial charge in [0.1, 0.15) is 0 Å². The van der Waals surface area contributed by atoms with E-state index < -0.39 is 10.0 Å². The number of rotatable bonds is 7. The zero-order chi connectivity index (χ0) is 21.0. The van der Waals surface area contributed by atoms with Crippen LogP contribution in [0.4, 0.5) is 5.69 Å². The molecule has 0 saturated carbocycles. The lowest BCUT2D eigenvalue weighted by Gasteiger charge is -2.16. The van der Waals surface area contributed by atoms with Crippen LogP contribution in [0.15, 0.2) is 70.1 Å². The molecule has 156 valence electrons. The highest BCUT2D eigenvalue weighted by Gasteiger charge is 2.27. The fourth-order valence-electron chi connectivity index (χ4n) is 3.42. The fourth-order valence-corrected chi connectivity index (χ4v) is 4.98. The average Bonchev–Trinajstić information content (AvgIpc) is 3.46. The van der Waals surface area contributed by atoms with Crippen LogP contribution >= 0.6 is 0 Å². The third-order valence-corrected chi connectivity index (χ3v) is 6.89. The van der Waals surface area contributed by atoms with Gasteiger partial charge in [0.05, 0.1) is 11.1 Å². The van der Waals surface area contributed by atoms with Gasteiger partial charge in [-0.15, -0.1) is 0 Å². The summed E-state index contributed by atoms with van der Waals surface area (Å²) in [5.41, 5.74) is 1.38.